The number of carbonyl (C=O) groups excluding carboxylic acids is 1. The summed E-state index contributed by atoms with van der Waals surface area (Å²) in [5, 5.41) is 3.00. The summed E-state index contributed by atoms with van der Waals surface area (Å²) in [6.45, 7) is 1.91. The van der Waals surface area contributed by atoms with Crippen LogP contribution in [0.25, 0.3) is 0 Å². The lowest BCUT2D eigenvalue weighted by Gasteiger charge is -2.09. The zero-order chi connectivity index (χ0) is 14.0. The molecule has 3 N–H and O–H groups in total. The molecule has 98 valence electrons. The van der Waals surface area contributed by atoms with Gasteiger partial charge in [-0.15, -0.1) is 0 Å². The van der Waals surface area contributed by atoms with E-state index in [2.05, 4.69) is 26.2 Å². The molecule has 2 rings (SSSR count). The highest BCUT2D eigenvalue weighted by atomic mass is 79.9. The standard InChI is InChI=1S/C13H11BrClN3O/c1-7-4-9(14)2-3-10(7)17-13(19)8-5-11(15)18-12(16)6-8/h2-6H,1H3,(H2,16,18)(H,17,19). The number of halogens is 2. The van der Waals surface area contributed by atoms with E-state index in [0.717, 1.165) is 15.7 Å². The smallest absolute Gasteiger partial charge is 0.255 e. The van der Waals surface area contributed by atoms with Gasteiger partial charge in [0.1, 0.15) is 11.0 Å². The van der Waals surface area contributed by atoms with Crippen LogP contribution in [0, 0.1) is 6.92 Å². The van der Waals surface area contributed by atoms with Gasteiger partial charge in [0.05, 0.1) is 0 Å². The summed E-state index contributed by atoms with van der Waals surface area (Å²) in [5.41, 5.74) is 7.62. The first-order valence-electron chi connectivity index (χ1n) is 5.46. The van der Waals surface area contributed by atoms with Gasteiger partial charge >= 0.3 is 0 Å². The van der Waals surface area contributed by atoms with E-state index in [0.29, 0.717) is 5.56 Å². The molecule has 1 heterocycles. The second-order valence-corrected chi connectivity index (χ2v) is 5.32. The number of hydrogen-bond acceptors (Lipinski definition) is 3. The van der Waals surface area contributed by atoms with E-state index >= 15 is 0 Å². The van der Waals surface area contributed by atoms with Crippen molar-refractivity contribution < 1.29 is 4.79 Å². The molecule has 1 amide bonds. The molecule has 0 aliphatic rings. The Labute approximate surface area is 124 Å². The number of carbonyl (C=O) groups is 1. The highest BCUT2D eigenvalue weighted by molar-refractivity contribution is 9.10. The molecule has 1 aromatic carbocycles. The van der Waals surface area contributed by atoms with Gasteiger partial charge in [-0.3, -0.25) is 4.79 Å². The third-order valence-electron chi connectivity index (χ3n) is 2.51. The molecule has 4 nitrogen and oxygen atoms in total. The molecule has 6 heteroatoms. The van der Waals surface area contributed by atoms with Crippen molar-refractivity contribution in [1.82, 2.24) is 4.98 Å². The summed E-state index contributed by atoms with van der Waals surface area (Å²) >= 11 is 9.14. The average Bonchev–Trinajstić information content (AvgIpc) is 2.31. The third-order valence-corrected chi connectivity index (χ3v) is 3.20. The van der Waals surface area contributed by atoms with Crippen LogP contribution in [0.3, 0.4) is 0 Å². The van der Waals surface area contributed by atoms with E-state index in [-0.39, 0.29) is 16.9 Å². The summed E-state index contributed by atoms with van der Waals surface area (Å²) in [4.78, 5) is 15.9. The minimum atomic E-state index is -0.276. The van der Waals surface area contributed by atoms with Crippen molar-refractivity contribution in [2.24, 2.45) is 0 Å². The van der Waals surface area contributed by atoms with E-state index in [9.17, 15) is 4.79 Å². The third kappa shape index (κ3) is 3.45. The fraction of sp³-hybridized carbons (Fsp3) is 0.0769. The number of anilines is 2. The van der Waals surface area contributed by atoms with Gasteiger partial charge in [-0.25, -0.2) is 4.98 Å². The van der Waals surface area contributed by atoms with Crippen molar-refractivity contribution in [2.75, 3.05) is 11.1 Å². The van der Waals surface area contributed by atoms with Crippen LogP contribution in [-0.2, 0) is 0 Å². The zero-order valence-electron chi connectivity index (χ0n) is 10.1. The van der Waals surface area contributed by atoms with Gasteiger partial charge in [-0.1, -0.05) is 27.5 Å². The molecular formula is C13H11BrClN3O. The summed E-state index contributed by atoms with van der Waals surface area (Å²) in [6, 6.07) is 8.56. The Balaban J connectivity index is 2.25. The highest BCUT2D eigenvalue weighted by Crippen LogP contribution is 2.21. The Morgan fingerprint density at radius 1 is 1.37 bits per heavy atom. The van der Waals surface area contributed by atoms with Crippen LogP contribution in [0.4, 0.5) is 11.5 Å². The Bertz CT molecular complexity index is 626. The van der Waals surface area contributed by atoms with Crippen LogP contribution < -0.4 is 11.1 Å². The minimum absolute atomic E-state index is 0.192. The molecule has 0 fully saturated rings. The fourth-order valence-electron chi connectivity index (χ4n) is 1.61. The maximum Gasteiger partial charge on any atom is 0.255 e. The number of amides is 1. The second-order valence-electron chi connectivity index (χ2n) is 4.02. The zero-order valence-corrected chi connectivity index (χ0v) is 12.4. The predicted octanol–water partition coefficient (Wildman–Crippen LogP) is 3.64. The Hall–Kier alpha value is -1.59. The predicted molar refractivity (Wildman–Crippen MR) is 80.5 cm³/mol. The number of aryl methyl sites for hydroxylation is 1. The lowest BCUT2D eigenvalue weighted by molar-refractivity contribution is 0.102. The minimum Gasteiger partial charge on any atom is -0.384 e. The van der Waals surface area contributed by atoms with Gasteiger partial charge in [0.25, 0.3) is 5.91 Å². The number of aromatic nitrogens is 1. The van der Waals surface area contributed by atoms with Gasteiger partial charge in [0.15, 0.2) is 0 Å². The largest absolute Gasteiger partial charge is 0.384 e. The molecule has 19 heavy (non-hydrogen) atoms. The van der Waals surface area contributed by atoms with Gasteiger partial charge in [0.2, 0.25) is 0 Å². The Kier molecular flexibility index (Phi) is 4.07. The van der Waals surface area contributed by atoms with E-state index in [4.69, 9.17) is 17.3 Å². The van der Waals surface area contributed by atoms with Crippen molar-refractivity contribution in [3.63, 3.8) is 0 Å². The van der Waals surface area contributed by atoms with Crippen LogP contribution in [0.15, 0.2) is 34.8 Å². The lowest BCUT2D eigenvalue weighted by atomic mass is 10.2. The van der Waals surface area contributed by atoms with Crippen LogP contribution >= 0.6 is 27.5 Å². The van der Waals surface area contributed by atoms with Crippen molar-refractivity contribution in [2.45, 2.75) is 6.92 Å². The molecule has 0 aliphatic carbocycles. The maximum absolute atomic E-state index is 12.1. The first-order chi connectivity index (χ1) is 8.95. The molecule has 0 unspecified atom stereocenters. The number of nitrogens with zero attached hydrogens (tertiary/aromatic N) is 1. The maximum atomic E-state index is 12.1. The van der Waals surface area contributed by atoms with Crippen LogP contribution in [-0.4, -0.2) is 10.9 Å². The van der Waals surface area contributed by atoms with Crippen molar-refractivity contribution in [3.05, 3.63) is 51.1 Å². The monoisotopic (exact) mass is 339 g/mol. The van der Waals surface area contributed by atoms with E-state index in [1.54, 1.807) is 0 Å². The molecule has 1 aromatic heterocycles. The summed E-state index contributed by atoms with van der Waals surface area (Å²) in [5.74, 6) is -0.0633. The second kappa shape index (κ2) is 5.59. The first-order valence-corrected chi connectivity index (χ1v) is 6.63. The number of nitrogen functional groups attached to an aromatic ring is 1. The van der Waals surface area contributed by atoms with Gasteiger partial charge < -0.3 is 11.1 Å². The number of nitrogens with one attached hydrogen (secondary N) is 1. The molecular weight excluding hydrogens is 330 g/mol. The average molecular weight is 341 g/mol. The molecule has 0 atom stereocenters. The normalized spacial score (nSPS) is 10.3. The van der Waals surface area contributed by atoms with Gasteiger partial charge in [0, 0.05) is 15.7 Å². The molecule has 2 aromatic rings. The van der Waals surface area contributed by atoms with Gasteiger partial charge in [-0.05, 0) is 42.8 Å². The molecule has 0 bridgehead atoms. The Morgan fingerprint density at radius 2 is 2.11 bits per heavy atom. The number of rotatable bonds is 2. The van der Waals surface area contributed by atoms with Crippen LogP contribution in [0.5, 0.6) is 0 Å². The topological polar surface area (TPSA) is 68.0 Å². The van der Waals surface area contributed by atoms with E-state index in [1.807, 2.05) is 25.1 Å². The van der Waals surface area contributed by atoms with E-state index < -0.39 is 0 Å². The van der Waals surface area contributed by atoms with E-state index in [1.165, 1.54) is 12.1 Å². The SMILES string of the molecule is Cc1cc(Br)ccc1NC(=O)c1cc(N)nc(Cl)c1. The Morgan fingerprint density at radius 3 is 2.74 bits per heavy atom. The highest BCUT2D eigenvalue weighted by Gasteiger charge is 2.10. The molecule has 0 saturated heterocycles. The molecule has 0 spiro atoms. The number of hydrogen-bond donors (Lipinski definition) is 2. The summed E-state index contributed by atoms with van der Waals surface area (Å²) in [7, 11) is 0. The molecule has 0 saturated carbocycles. The number of benzene rings is 1. The summed E-state index contributed by atoms with van der Waals surface area (Å²) in [6.07, 6.45) is 0. The molecule has 0 aliphatic heterocycles. The summed E-state index contributed by atoms with van der Waals surface area (Å²) < 4.78 is 0.958. The number of nitrogens with two attached hydrogens (primary N) is 1. The molecule has 0 radical (unpaired) electrons. The fourth-order valence-corrected chi connectivity index (χ4v) is 2.30. The first kappa shape index (κ1) is 13.8. The van der Waals surface area contributed by atoms with Gasteiger partial charge in [-0.2, -0.15) is 0 Å². The van der Waals surface area contributed by atoms with Crippen molar-refractivity contribution in [1.29, 1.82) is 0 Å². The quantitative estimate of drug-likeness (QED) is 0.820. The van der Waals surface area contributed by atoms with Crippen LogP contribution in [0.1, 0.15) is 15.9 Å². The van der Waals surface area contributed by atoms with Crippen molar-refractivity contribution in [3.8, 4) is 0 Å². The lowest BCUT2D eigenvalue weighted by Crippen LogP contribution is -2.13. The number of pyridine rings is 1. The van der Waals surface area contributed by atoms with Crippen LogP contribution in [0.2, 0.25) is 5.15 Å². The van der Waals surface area contributed by atoms with Crippen molar-refractivity contribution >= 4 is 44.9 Å².